The topological polar surface area (TPSA) is 71.0 Å². The van der Waals surface area contributed by atoms with Gasteiger partial charge in [0, 0.05) is 23.7 Å². The Morgan fingerprint density at radius 1 is 1.11 bits per heavy atom. The maximum absolute atomic E-state index is 13.3. The number of thioether (sulfide) groups is 1. The average molecular weight is 522 g/mol. The Balaban J connectivity index is 1.54. The summed E-state index contributed by atoms with van der Waals surface area (Å²) < 4.78 is 5.23. The third-order valence-electron chi connectivity index (χ3n) is 5.91. The lowest BCUT2D eigenvalue weighted by Crippen LogP contribution is -2.46. The summed E-state index contributed by atoms with van der Waals surface area (Å²) in [7, 11) is 1.63. The molecule has 8 heteroatoms. The van der Waals surface area contributed by atoms with Gasteiger partial charge < -0.3 is 10.1 Å². The molecule has 1 atom stereocenters. The van der Waals surface area contributed by atoms with E-state index in [0.717, 1.165) is 28.1 Å². The first kappa shape index (κ1) is 25.8. The van der Waals surface area contributed by atoms with Crippen LogP contribution in [-0.2, 0) is 16.0 Å². The van der Waals surface area contributed by atoms with Gasteiger partial charge in [-0.2, -0.15) is 0 Å². The minimum atomic E-state index is -0.582. The predicted octanol–water partition coefficient (Wildman–Crippen LogP) is 6.17. The fourth-order valence-electron chi connectivity index (χ4n) is 3.89. The molecule has 2 amide bonds. The maximum atomic E-state index is 13.3. The monoisotopic (exact) mass is 521 g/mol. The van der Waals surface area contributed by atoms with Crippen LogP contribution < -0.4 is 10.1 Å². The minimum Gasteiger partial charge on any atom is -0.497 e. The fourth-order valence-corrected chi connectivity index (χ4v) is 5.14. The Labute approximate surface area is 220 Å². The third kappa shape index (κ3) is 6.47. The number of amidine groups is 1. The van der Waals surface area contributed by atoms with Crippen molar-refractivity contribution in [1.82, 2.24) is 4.90 Å². The molecule has 1 heterocycles. The number of aliphatic imine (C=N–C) groups is 1. The number of benzene rings is 3. The highest BCUT2D eigenvalue weighted by Gasteiger charge is 2.36. The van der Waals surface area contributed by atoms with E-state index in [1.54, 1.807) is 36.3 Å². The normalized spacial score (nSPS) is 16.8. The van der Waals surface area contributed by atoms with Gasteiger partial charge in [0.2, 0.25) is 11.8 Å². The number of ether oxygens (including phenoxy) is 1. The molecule has 0 saturated carbocycles. The molecule has 0 aromatic heterocycles. The molecule has 0 bridgehead atoms. The summed E-state index contributed by atoms with van der Waals surface area (Å²) >= 11 is 7.34. The molecule has 0 spiro atoms. The number of nitrogens with zero attached hydrogens (tertiary/aromatic N) is 2. The van der Waals surface area contributed by atoms with Crippen molar-refractivity contribution in [3.8, 4) is 5.75 Å². The minimum absolute atomic E-state index is 0.101. The van der Waals surface area contributed by atoms with Crippen LogP contribution in [-0.4, -0.2) is 40.8 Å². The van der Waals surface area contributed by atoms with Gasteiger partial charge >= 0.3 is 0 Å². The van der Waals surface area contributed by atoms with Gasteiger partial charge in [0.25, 0.3) is 0 Å². The first-order valence-electron chi connectivity index (χ1n) is 11.6. The molecule has 1 aliphatic rings. The van der Waals surface area contributed by atoms with E-state index in [1.165, 1.54) is 11.8 Å². The molecule has 1 unspecified atom stereocenters. The van der Waals surface area contributed by atoms with Crippen LogP contribution in [0.2, 0.25) is 5.02 Å². The predicted molar refractivity (Wildman–Crippen MR) is 147 cm³/mol. The van der Waals surface area contributed by atoms with Gasteiger partial charge in [0.1, 0.15) is 11.0 Å². The lowest BCUT2D eigenvalue weighted by atomic mass is 10.1. The van der Waals surface area contributed by atoms with Crippen molar-refractivity contribution in [1.29, 1.82) is 0 Å². The number of halogens is 1. The zero-order valence-electron chi connectivity index (χ0n) is 20.5. The summed E-state index contributed by atoms with van der Waals surface area (Å²) in [4.78, 5) is 32.8. The maximum Gasteiger partial charge on any atom is 0.238 e. The summed E-state index contributed by atoms with van der Waals surface area (Å²) in [6, 6.07) is 20.7. The number of amides is 2. The van der Waals surface area contributed by atoms with E-state index in [1.807, 2.05) is 56.3 Å². The van der Waals surface area contributed by atoms with Crippen LogP contribution in [0.4, 0.5) is 11.4 Å². The van der Waals surface area contributed by atoms with Crippen LogP contribution in [0.3, 0.4) is 0 Å². The van der Waals surface area contributed by atoms with Gasteiger partial charge in [-0.15, -0.1) is 0 Å². The molecule has 1 N–H and O–H groups in total. The molecule has 1 saturated heterocycles. The van der Waals surface area contributed by atoms with E-state index >= 15 is 0 Å². The van der Waals surface area contributed by atoms with E-state index in [-0.39, 0.29) is 18.2 Å². The zero-order chi connectivity index (χ0) is 25.7. The SMILES string of the molecule is COc1ccc(CCN2C(=O)CC(C(=O)Nc3ccc(C)cc3C)SC2=Nc2ccc(Cl)cc2)cc1. The van der Waals surface area contributed by atoms with Crippen molar-refractivity contribution in [3.05, 3.63) is 88.4 Å². The van der Waals surface area contributed by atoms with E-state index in [0.29, 0.717) is 28.8 Å². The number of nitrogens with one attached hydrogen (secondary N) is 1. The summed E-state index contributed by atoms with van der Waals surface area (Å²) in [6.07, 6.45) is 0.749. The van der Waals surface area contributed by atoms with Crippen LogP contribution in [0.15, 0.2) is 71.7 Å². The second-order valence-electron chi connectivity index (χ2n) is 8.63. The standard InChI is InChI=1S/C28H28ClN3O3S/c1-18-4-13-24(19(2)16-18)31-27(34)25-17-26(33)32(15-14-20-5-11-23(35-3)12-6-20)28(36-25)30-22-9-7-21(29)8-10-22/h4-13,16,25H,14-15,17H2,1-3H3,(H,31,34). The van der Waals surface area contributed by atoms with Crippen LogP contribution in [0.25, 0.3) is 0 Å². The van der Waals surface area contributed by atoms with Crippen molar-refractivity contribution in [2.24, 2.45) is 4.99 Å². The van der Waals surface area contributed by atoms with Crippen molar-refractivity contribution in [2.45, 2.75) is 31.9 Å². The highest BCUT2D eigenvalue weighted by Crippen LogP contribution is 2.31. The summed E-state index contributed by atoms with van der Waals surface area (Å²) in [5, 5.41) is 3.51. The molecule has 3 aromatic carbocycles. The molecule has 186 valence electrons. The number of anilines is 1. The second-order valence-corrected chi connectivity index (χ2v) is 10.2. The van der Waals surface area contributed by atoms with Gasteiger partial charge in [-0.3, -0.25) is 14.5 Å². The lowest BCUT2D eigenvalue weighted by Gasteiger charge is -2.32. The molecule has 0 radical (unpaired) electrons. The summed E-state index contributed by atoms with van der Waals surface area (Å²) in [5.41, 5.74) is 4.59. The number of methoxy groups -OCH3 is 1. The molecule has 0 aliphatic carbocycles. The third-order valence-corrected chi connectivity index (χ3v) is 7.35. The molecular weight excluding hydrogens is 494 g/mol. The largest absolute Gasteiger partial charge is 0.497 e. The Hall–Kier alpha value is -3.29. The number of hydrogen-bond acceptors (Lipinski definition) is 5. The van der Waals surface area contributed by atoms with Crippen LogP contribution >= 0.6 is 23.4 Å². The average Bonchev–Trinajstić information content (AvgIpc) is 2.86. The first-order chi connectivity index (χ1) is 17.3. The summed E-state index contributed by atoms with van der Waals surface area (Å²) in [5.74, 6) is 0.445. The smallest absolute Gasteiger partial charge is 0.238 e. The van der Waals surface area contributed by atoms with E-state index in [2.05, 4.69) is 5.32 Å². The van der Waals surface area contributed by atoms with Crippen LogP contribution in [0, 0.1) is 13.8 Å². The number of carbonyl (C=O) groups is 2. The molecule has 3 aromatic rings. The quantitative estimate of drug-likeness (QED) is 0.403. The van der Waals surface area contributed by atoms with E-state index < -0.39 is 5.25 Å². The molecular formula is C28H28ClN3O3S. The Morgan fingerprint density at radius 2 is 1.83 bits per heavy atom. The Morgan fingerprint density at radius 3 is 2.50 bits per heavy atom. The molecule has 4 rings (SSSR count). The molecule has 36 heavy (non-hydrogen) atoms. The number of carbonyl (C=O) groups excluding carboxylic acids is 2. The molecule has 6 nitrogen and oxygen atoms in total. The second kappa shape index (κ2) is 11.6. The van der Waals surface area contributed by atoms with Gasteiger partial charge in [-0.1, -0.05) is 53.2 Å². The highest BCUT2D eigenvalue weighted by molar-refractivity contribution is 8.15. The lowest BCUT2D eigenvalue weighted by molar-refractivity contribution is -0.129. The molecule has 1 aliphatic heterocycles. The van der Waals surface area contributed by atoms with Crippen molar-refractivity contribution < 1.29 is 14.3 Å². The summed E-state index contributed by atoms with van der Waals surface area (Å²) in [6.45, 7) is 4.42. The van der Waals surface area contributed by atoms with Gasteiger partial charge in [-0.05, 0) is 73.9 Å². The van der Waals surface area contributed by atoms with Crippen molar-refractivity contribution in [3.63, 3.8) is 0 Å². The van der Waals surface area contributed by atoms with Crippen LogP contribution in [0.5, 0.6) is 5.75 Å². The highest BCUT2D eigenvalue weighted by atomic mass is 35.5. The van der Waals surface area contributed by atoms with Gasteiger partial charge in [0.15, 0.2) is 5.17 Å². The number of aryl methyl sites for hydroxylation is 2. The fraction of sp³-hybridized carbons (Fsp3) is 0.250. The van der Waals surface area contributed by atoms with E-state index in [9.17, 15) is 9.59 Å². The molecule has 1 fully saturated rings. The van der Waals surface area contributed by atoms with Crippen molar-refractivity contribution >= 4 is 51.7 Å². The van der Waals surface area contributed by atoms with Crippen molar-refractivity contribution in [2.75, 3.05) is 19.0 Å². The Bertz CT molecular complexity index is 1280. The van der Waals surface area contributed by atoms with Crippen LogP contribution in [0.1, 0.15) is 23.1 Å². The zero-order valence-corrected chi connectivity index (χ0v) is 22.0. The Kier molecular flexibility index (Phi) is 8.33. The van der Waals surface area contributed by atoms with Gasteiger partial charge in [-0.25, -0.2) is 4.99 Å². The first-order valence-corrected chi connectivity index (χ1v) is 12.9. The van der Waals surface area contributed by atoms with Gasteiger partial charge in [0.05, 0.1) is 12.8 Å². The number of hydrogen-bond donors (Lipinski definition) is 1. The van der Waals surface area contributed by atoms with E-state index in [4.69, 9.17) is 21.3 Å². The number of rotatable bonds is 7.